The van der Waals surface area contributed by atoms with E-state index in [-0.39, 0.29) is 5.78 Å². The van der Waals surface area contributed by atoms with Crippen molar-refractivity contribution in [1.82, 2.24) is 4.98 Å². The number of thioether (sulfide) groups is 2. The molecule has 5 heteroatoms. The molecule has 3 nitrogen and oxygen atoms in total. The minimum atomic E-state index is 0.0786. The number of ketones is 1. The number of hydrogen-bond donors (Lipinski definition) is 0. The van der Waals surface area contributed by atoms with Crippen LogP contribution in [0.25, 0.3) is 11.1 Å². The predicted molar refractivity (Wildman–Crippen MR) is 87.3 cm³/mol. The SMILES string of the molecule is CSc1ccc(C(=O)CSc2nc3ccccc3o2)cc1. The fraction of sp³-hybridized carbons (Fsp3) is 0.125. The smallest absolute Gasteiger partial charge is 0.257 e. The number of nitrogens with zero attached hydrogens (tertiary/aromatic N) is 1. The molecule has 3 aromatic rings. The summed E-state index contributed by atoms with van der Waals surface area (Å²) in [6.07, 6.45) is 2.01. The highest BCUT2D eigenvalue weighted by molar-refractivity contribution is 7.99. The second-order valence-corrected chi connectivity index (χ2v) is 6.19. The summed E-state index contributed by atoms with van der Waals surface area (Å²) < 4.78 is 5.59. The predicted octanol–water partition coefficient (Wildman–Crippen LogP) is 4.52. The van der Waals surface area contributed by atoms with Crippen molar-refractivity contribution in [3.05, 3.63) is 54.1 Å². The molecule has 0 spiro atoms. The third kappa shape index (κ3) is 3.31. The number of hydrogen-bond acceptors (Lipinski definition) is 5. The van der Waals surface area contributed by atoms with E-state index >= 15 is 0 Å². The molecule has 2 aromatic carbocycles. The lowest BCUT2D eigenvalue weighted by molar-refractivity contribution is 0.102. The molecular formula is C16H13NO2S2. The van der Waals surface area contributed by atoms with Gasteiger partial charge in [-0.3, -0.25) is 4.79 Å². The van der Waals surface area contributed by atoms with E-state index in [2.05, 4.69) is 4.98 Å². The van der Waals surface area contributed by atoms with Gasteiger partial charge in [-0.05, 0) is 30.5 Å². The highest BCUT2D eigenvalue weighted by Gasteiger charge is 2.10. The Morgan fingerprint density at radius 2 is 1.90 bits per heavy atom. The van der Waals surface area contributed by atoms with Crippen LogP contribution in [-0.2, 0) is 0 Å². The second-order valence-electron chi connectivity index (χ2n) is 4.39. The van der Waals surface area contributed by atoms with E-state index in [1.807, 2.05) is 54.8 Å². The number of rotatable bonds is 5. The molecule has 0 saturated carbocycles. The molecule has 1 aromatic heterocycles. The van der Waals surface area contributed by atoms with Gasteiger partial charge in [-0.1, -0.05) is 36.0 Å². The molecule has 0 aliphatic carbocycles. The van der Waals surface area contributed by atoms with Crippen molar-refractivity contribution >= 4 is 40.4 Å². The molecule has 21 heavy (non-hydrogen) atoms. The van der Waals surface area contributed by atoms with Gasteiger partial charge < -0.3 is 4.42 Å². The maximum atomic E-state index is 12.1. The molecule has 0 fully saturated rings. The van der Waals surface area contributed by atoms with E-state index in [0.29, 0.717) is 11.0 Å². The van der Waals surface area contributed by atoms with E-state index < -0.39 is 0 Å². The Morgan fingerprint density at radius 3 is 2.62 bits per heavy atom. The van der Waals surface area contributed by atoms with Crippen molar-refractivity contribution in [3.8, 4) is 0 Å². The Hall–Kier alpha value is -1.72. The highest BCUT2D eigenvalue weighted by Crippen LogP contribution is 2.24. The van der Waals surface area contributed by atoms with Gasteiger partial charge in [0.2, 0.25) is 0 Å². The van der Waals surface area contributed by atoms with Crippen molar-refractivity contribution < 1.29 is 9.21 Å². The van der Waals surface area contributed by atoms with Gasteiger partial charge >= 0.3 is 0 Å². The summed E-state index contributed by atoms with van der Waals surface area (Å²) >= 11 is 2.99. The summed E-state index contributed by atoms with van der Waals surface area (Å²) in [5, 5.41) is 0.533. The van der Waals surface area contributed by atoms with Gasteiger partial charge in [0.1, 0.15) is 5.52 Å². The maximum absolute atomic E-state index is 12.1. The number of fused-ring (bicyclic) bond motifs is 1. The van der Waals surface area contributed by atoms with Crippen LogP contribution in [0.5, 0.6) is 0 Å². The number of carbonyl (C=O) groups excluding carboxylic acids is 1. The summed E-state index contributed by atoms with van der Waals surface area (Å²) in [5.41, 5.74) is 2.28. The van der Waals surface area contributed by atoms with E-state index in [1.165, 1.54) is 11.8 Å². The number of benzene rings is 2. The third-order valence-corrected chi connectivity index (χ3v) is 4.58. The number of carbonyl (C=O) groups is 1. The molecule has 0 N–H and O–H groups in total. The zero-order valence-electron chi connectivity index (χ0n) is 11.4. The molecule has 106 valence electrons. The lowest BCUT2D eigenvalue weighted by Gasteiger charge is -2.00. The van der Waals surface area contributed by atoms with Crippen LogP contribution in [0.3, 0.4) is 0 Å². The molecule has 0 unspecified atom stereocenters. The fourth-order valence-corrected chi connectivity index (χ4v) is 3.04. The Labute approximate surface area is 131 Å². The van der Waals surface area contributed by atoms with Crippen molar-refractivity contribution in [1.29, 1.82) is 0 Å². The third-order valence-electron chi connectivity index (χ3n) is 3.01. The quantitative estimate of drug-likeness (QED) is 0.511. The fourth-order valence-electron chi connectivity index (χ4n) is 1.90. The Bertz CT molecular complexity index is 732. The van der Waals surface area contributed by atoms with E-state index in [4.69, 9.17) is 4.42 Å². The van der Waals surface area contributed by atoms with E-state index in [1.54, 1.807) is 11.8 Å². The highest BCUT2D eigenvalue weighted by atomic mass is 32.2. The van der Waals surface area contributed by atoms with E-state index in [9.17, 15) is 4.79 Å². The van der Waals surface area contributed by atoms with Crippen LogP contribution >= 0.6 is 23.5 Å². The first-order valence-electron chi connectivity index (χ1n) is 6.42. The maximum Gasteiger partial charge on any atom is 0.257 e. The Balaban J connectivity index is 1.67. The van der Waals surface area contributed by atoms with Crippen molar-refractivity contribution in [3.63, 3.8) is 0 Å². The largest absolute Gasteiger partial charge is 0.431 e. The molecule has 0 atom stereocenters. The first-order chi connectivity index (χ1) is 10.3. The minimum absolute atomic E-state index is 0.0786. The van der Waals surface area contributed by atoms with Crippen LogP contribution in [0.4, 0.5) is 0 Å². The van der Waals surface area contributed by atoms with Gasteiger partial charge in [0.15, 0.2) is 11.4 Å². The van der Waals surface area contributed by atoms with Crippen LogP contribution in [-0.4, -0.2) is 22.8 Å². The summed E-state index contributed by atoms with van der Waals surface area (Å²) in [6.45, 7) is 0. The van der Waals surface area contributed by atoms with Crippen LogP contribution in [0.1, 0.15) is 10.4 Å². The van der Waals surface area contributed by atoms with Crippen LogP contribution in [0.15, 0.2) is 63.1 Å². The average molecular weight is 315 g/mol. The number of Topliss-reactive ketones (excluding diaryl/α,β-unsaturated/α-hetero) is 1. The van der Waals surface area contributed by atoms with Gasteiger partial charge in [0.05, 0.1) is 5.75 Å². The molecule has 0 radical (unpaired) electrons. The van der Waals surface area contributed by atoms with Crippen molar-refractivity contribution in [2.24, 2.45) is 0 Å². The average Bonchev–Trinajstić information content (AvgIpc) is 2.95. The topological polar surface area (TPSA) is 43.1 Å². The molecule has 0 aliphatic rings. The van der Waals surface area contributed by atoms with Gasteiger partial charge in [0.25, 0.3) is 5.22 Å². The van der Waals surface area contributed by atoms with Crippen LogP contribution < -0.4 is 0 Å². The molecule has 3 rings (SSSR count). The summed E-state index contributed by atoms with van der Waals surface area (Å²) in [7, 11) is 0. The minimum Gasteiger partial charge on any atom is -0.431 e. The number of aromatic nitrogens is 1. The summed E-state index contributed by atoms with van der Waals surface area (Å²) in [6, 6.07) is 15.2. The van der Waals surface area contributed by atoms with Gasteiger partial charge in [0, 0.05) is 10.5 Å². The lowest BCUT2D eigenvalue weighted by atomic mass is 10.1. The number of oxazole rings is 1. The summed E-state index contributed by atoms with van der Waals surface area (Å²) in [4.78, 5) is 17.6. The second kappa shape index (κ2) is 6.37. The van der Waals surface area contributed by atoms with Crippen LogP contribution in [0, 0.1) is 0 Å². The first kappa shape index (κ1) is 14.2. The number of para-hydroxylation sites is 2. The Kier molecular flexibility index (Phi) is 4.31. The molecule has 0 saturated heterocycles. The molecule has 0 aliphatic heterocycles. The molecular weight excluding hydrogens is 302 g/mol. The monoisotopic (exact) mass is 315 g/mol. The van der Waals surface area contributed by atoms with Crippen molar-refractivity contribution in [2.45, 2.75) is 10.1 Å². The lowest BCUT2D eigenvalue weighted by Crippen LogP contribution is -2.01. The summed E-state index contributed by atoms with van der Waals surface area (Å²) in [5.74, 6) is 0.403. The first-order valence-corrected chi connectivity index (χ1v) is 8.63. The molecule has 0 bridgehead atoms. The zero-order chi connectivity index (χ0) is 14.7. The van der Waals surface area contributed by atoms with E-state index in [0.717, 1.165) is 21.6 Å². The standard InChI is InChI=1S/C16H13NO2S2/c1-20-12-8-6-11(7-9-12)14(18)10-21-16-17-13-4-2-3-5-15(13)19-16/h2-9H,10H2,1H3. The van der Waals surface area contributed by atoms with Crippen LogP contribution in [0.2, 0.25) is 0 Å². The Morgan fingerprint density at radius 1 is 1.14 bits per heavy atom. The molecule has 0 amide bonds. The molecule has 1 heterocycles. The van der Waals surface area contributed by atoms with Gasteiger partial charge in [-0.25, -0.2) is 4.98 Å². The van der Waals surface area contributed by atoms with Gasteiger partial charge in [-0.15, -0.1) is 11.8 Å². The van der Waals surface area contributed by atoms with Gasteiger partial charge in [-0.2, -0.15) is 0 Å². The zero-order valence-corrected chi connectivity index (χ0v) is 13.0. The van der Waals surface area contributed by atoms with Crippen molar-refractivity contribution in [2.75, 3.05) is 12.0 Å². The normalized spacial score (nSPS) is 10.9.